The van der Waals surface area contributed by atoms with E-state index in [1.165, 1.54) is 25.7 Å². The molecule has 1 heterocycles. The van der Waals surface area contributed by atoms with E-state index >= 15 is 0 Å². The van der Waals surface area contributed by atoms with Crippen LogP contribution in [0.25, 0.3) is 0 Å². The van der Waals surface area contributed by atoms with Crippen LogP contribution < -0.4 is 11.1 Å². The molecule has 5 heteroatoms. The number of nitrogens with one attached hydrogen (secondary N) is 1. The fraction of sp³-hybridized carbons (Fsp3) is 0.929. The van der Waals surface area contributed by atoms with Crippen molar-refractivity contribution in [1.82, 2.24) is 15.1 Å². The Balaban J connectivity index is 1.68. The molecule has 2 fully saturated rings. The highest BCUT2D eigenvalue weighted by Gasteiger charge is 2.28. The molecule has 0 aromatic rings. The van der Waals surface area contributed by atoms with Crippen molar-refractivity contribution < 1.29 is 4.79 Å². The second-order valence-corrected chi connectivity index (χ2v) is 6.22. The van der Waals surface area contributed by atoms with Gasteiger partial charge >= 0.3 is 0 Å². The van der Waals surface area contributed by atoms with Crippen molar-refractivity contribution in [2.75, 3.05) is 33.7 Å². The zero-order chi connectivity index (χ0) is 13.8. The van der Waals surface area contributed by atoms with Gasteiger partial charge in [-0.15, -0.1) is 0 Å². The number of piperidine rings is 1. The van der Waals surface area contributed by atoms with E-state index in [9.17, 15) is 4.79 Å². The van der Waals surface area contributed by atoms with Crippen LogP contribution in [0, 0.1) is 0 Å². The number of nitrogens with two attached hydrogens (primary N) is 1. The second kappa shape index (κ2) is 6.68. The van der Waals surface area contributed by atoms with Gasteiger partial charge in [0.25, 0.3) is 0 Å². The summed E-state index contributed by atoms with van der Waals surface area (Å²) in [4.78, 5) is 16.2. The predicted octanol–water partition coefficient (Wildman–Crippen LogP) is 0.00840. The van der Waals surface area contributed by atoms with Crippen LogP contribution in [0.2, 0.25) is 0 Å². The van der Waals surface area contributed by atoms with E-state index in [1.54, 1.807) is 0 Å². The summed E-state index contributed by atoms with van der Waals surface area (Å²) >= 11 is 0. The summed E-state index contributed by atoms with van der Waals surface area (Å²) in [6, 6.07) is 1.11. The Bertz CT molecular complexity index is 296. The summed E-state index contributed by atoms with van der Waals surface area (Å²) in [5, 5.41) is 3.35. The Labute approximate surface area is 116 Å². The quantitative estimate of drug-likeness (QED) is 0.683. The van der Waals surface area contributed by atoms with Crippen LogP contribution in [0.1, 0.15) is 32.1 Å². The smallest absolute Gasteiger partial charge is 0.234 e. The zero-order valence-electron chi connectivity index (χ0n) is 12.3. The molecule has 1 amide bonds. The fourth-order valence-corrected chi connectivity index (χ4v) is 2.81. The van der Waals surface area contributed by atoms with Crippen molar-refractivity contribution in [2.45, 2.75) is 50.2 Å². The zero-order valence-corrected chi connectivity index (χ0v) is 12.3. The van der Waals surface area contributed by atoms with Gasteiger partial charge in [-0.1, -0.05) is 0 Å². The molecule has 2 rings (SSSR count). The Hall–Kier alpha value is -0.650. The molecular formula is C14H28N4O. The number of hydrogen-bond donors (Lipinski definition) is 2. The van der Waals surface area contributed by atoms with Crippen LogP contribution in [0.15, 0.2) is 0 Å². The van der Waals surface area contributed by atoms with Gasteiger partial charge in [0.1, 0.15) is 0 Å². The highest BCUT2D eigenvalue weighted by molar-refractivity contribution is 5.79. The van der Waals surface area contributed by atoms with Gasteiger partial charge in [0.05, 0.1) is 6.04 Å². The number of carbonyl (C=O) groups excluding carboxylic acids is 1. The molecule has 1 saturated heterocycles. The van der Waals surface area contributed by atoms with E-state index in [0.29, 0.717) is 12.1 Å². The fourth-order valence-electron chi connectivity index (χ4n) is 2.81. The molecule has 1 unspecified atom stereocenters. The number of hydrogen-bond acceptors (Lipinski definition) is 4. The maximum Gasteiger partial charge on any atom is 0.234 e. The van der Waals surface area contributed by atoms with Crippen molar-refractivity contribution in [1.29, 1.82) is 0 Å². The SMILES string of the molecule is CN(C)C1CCN(CCC(NC2CC2)C(N)=O)CC1. The largest absolute Gasteiger partial charge is 0.368 e. The number of rotatable bonds is 7. The predicted molar refractivity (Wildman–Crippen MR) is 76.9 cm³/mol. The lowest BCUT2D eigenvalue weighted by molar-refractivity contribution is -0.120. The minimum atomic E-state index is -0.199. The lowest BCUT2D eigenvalue weighted by Crippen LogP contribution is -2.47. The number of nitrogens with zero attached hydrogens (tertiary/aromatic N) is 2. The molecule has 1 aliphatic carbocycles. The molecule has 19 heavy (non-hydrogen) atoms. The van der Waals surface area contributed by atoms with Crippen LogP contribution in [0.4, 0.5) is 0 Å². The van der Waals surface area contributed by atoms with Gasteiger partial charge in [0, 0.05) is 18.6 Å². The van der Waals surface area contributed by atoms with Gasteiger partial charge in [-0.25, -0.2) is 0 Å². The maximum atomic E-state index is 11.4. The van der Waals surface area contributed by atoms with E-state index in [2.05, 4.69) is 29.2 Å². The van der Waals surface area contributed by atoms with Crippen molar-refractivity contribution >= 4 is 5.91 Å². The monoisotopic (exact) mass is 268 g/mol. The standard InChI is InChI=1S/C14H28N4O/c1-17(2)12-5-8-18(9-6-12)10-7-13(14(15)19)16-11-3-4-11/h11-13,16H,3-10H2,1-2H3,(H2,15,19). The van der Waals surface area contributed by atoms with Crippen LogP contribution in [0.3, 0.4) is 0 Å². The molecule has 0 aromatic carbocycles. The van der Waals surface area contributed by atoms with Crippen LogP contribution in [-0.4, -0.2) is 67.6 Å². The van der Waals surface area contributed by atoms with Crippen molar-refractivity contribution in [3.63, 3.8) is 0 Å². The first kappa shape index (κ1) is 14.8. The normalized spacial score (nSPS) is 23.7. The summed E-state index contributed by atoms with van der Waals surface area (Å²) in [6.07, 6.45) is 5.68. The number of likely N-dealkylation sites (tertiary alicyclic amines) is 1. The summed E-state index contributed by atoms with van der Waals surface area (Å²) in [5.41, 5.74) is 5.46. The Morgan fingerprint density at radius 3 is 2.42 bits per heavy atom. The van der Waals surface area contributed by atoms with Gasteiger partial charge < -0.3 is 20.9 Å². The van der Waals surface area contributed by atoms with E-state index < -0.39 is 0 Å². The summed E-state index contributed by atoms with van der Waals surface area (Å²) in [7, 11) is 4.31. The average Bonchev–Trinajstić information content (AvgIpc) is 3.18. The molecule has 0 spiro atoms. The summed E-state index contributed by atoms with van der Waals surface area (Å²) in [5.74, 6) is -0.199. The van der Waals surface area contributed by atoms with Gasteiger partial charge in [-0.05, 0) is 59.3 Å². The lowest BCUT2D eigenvalue weighted by atomic mass is 10.0. The Morgan fingerprint density at radius 2 is 1.95 bits per heavy atom. The first-order valence-corrected chi connectivity index (χ1v) is 7.50. The molecule has 2 aliphatic rings. The minimum Gasteiger partial charge on any atom is -0.368 e. The van der Waals surface area contributed by atoms with Gasteiger partial charge in [-0.2, -0.15) is 0 Å². The third kappa shape index (κ3) is 4.75. The minimum absolute atomic E-state index is 0.140. The molecule has 0 aromatic heterocycles. The highest BCUT2D eigenvalue weighted by atomic mass is 16.1. The molecule has 5 nitrogen and oxygen atoms in total. The van der Waals surface area contributed by atoms with E-state index in [4.69, 9.17) is 5.73 Å². The molecule has 1 aliphatic heterocycles. The first-order valence-electron chi connectivity index (χ1n) is 7.50. The third-order valence-corrected chi connectivity index (χ3v) is 4.38. The van der Waals surface area contributed by atoms with Crippen molar-refractivity contribution in [3.05, 3.63) is 0 Å². The summed E-state index contributed by atoms with van der Waals surface area (Å²) < 4.78 is 0. The van der Waals surface area contributed by atoms with Crippen LogP contribution in [0.5, 0.6) is 0 Å². The number of primary amides is 1. The maximum absolute atomic E-state index is 11.4. The highest BCUT2D eigenvalue weighted by Crippen LogP contribution is 2.20. The topological polar surface area (TPSA) is 61.6 Å². The van der Waals surface area contributed by atoms with Gasteiger partial charge in [0.15, 0.2) is 0 Å². The average molecular weight is 268 g/mol. The lowest BCUT2D eigenvalue weighted by Gasteiger charge is -2.35. The van der Waals surface area contributed by atoms with Gasteiger partial charge in [0.2, 0.25) is 5.91 Å². The molecule has 0 radical (unpaired) electrons. The van der Waals surface area contributed by atoms with Crippen molar-refractivity contribution in [2.24, 2.45) is 5.73 Å². The molecule has 1 saturated carbocycles. The third-order valence-electron chi connectivity index (χ3n) is 4.38. The van der Waals surface area contributed by atoms with Crippen LogP contribution in [-0.2, 0) is 4.79 Å². The second-order valence-electron chi connectivity index (χ2n) is 6.22. The first-order chi connectivity index (χ1) is 9.06. The van der Waals surface area contributed by atoms with E-state index in [1.807, 2.05) is 0 Å². The number of carbonyl (C=O) groups is 1. The molecule has 110 valence electrons. The number of amides is 1. The van der Waals surface area contributed by atoms with E-state index in [0.717, 1.165) is 26.1 Å². The molecule has 1 atom stereocenters. The Morgan fingerprint density at radius 1 is 1.32 bits per heavy atom. The molecule has 3 N–H and O–H groups in total. The van der Waals surface area contributed by atoms with Gasteiger partial charge in [-0.3, -0.25) is 4.79 Å². The molecular weight excluding hydrogens is 240 g/mol. The van der Waals surface area contributed by atoms with Crippen LogP contribution >= 0.6 is 0 Å². The van der Waals surface area contributed by atoms with E-state index in [-0.39, 0.29) is 11.9 Å². The molecule has 0 bridgehead atoms. The Kier molecular flexibility index (Phi) is 5.19. The summed E-state index contributed by atoms with van der Waals surface area (Å²) in [6.45, 7) is 3.25. The van der Waals surface area contributed by atoms with Crippen molar-refractivity contribution in [3.8, 4) is 0 Å².